The molecule has 1 rings (SSSR count). The highest BCUT2D eigenvalue weighted by atomic mass is 16.7. The van der Waals surface area contributed by atoms with E-state index in [-0.39, 0.29) is 5.79 Å². The summed E-state index contributed by atoms with van der Waals surface area (Å²) in [5.74, 6) is -0.343. The van der Waals surface area contributed by atoms with E-state index in [9.17, 15) is 0 Å². The topological polar surface area (TPSA) is 27.7 Å². The van der Waals surface area contributed by atoms with E-state index in [2.05, 4.69) is 13.8 Å². The lowest BCUT2D eigenvalue weighted by molar-refractivity contribution is -0.268. The van der Waals surface area contributed by atoms with E-state index < -0.39 is 0 Å². The SMILES string of the molecule is CCCOC1(OCCC)CCOCC1. The minimum atomic E-state index is -0.343. The third-order valence-electron chi connectivity index (χ3n) is 2.39. The van der Waals surface area contributed by atoms with E-state index >= 15 is 0 Å². The van der Waals surface area contributed by atoms with Crippen LogP contribution in [-0.4, -0.2) is 32.2 Å². The van der Waals surface area contributed by atoms with Crippen LogP contribution >= 0.6 is 0 Å². The zero-order valence-electron chi connectivity index (χ0n) is 9.38. The van der Waals surface area contributed by atoms with Crippen molar-refractivity contribution >= 4 is 0 Å². The van der Waals surface area contributed by atoms with Gasteiger partial charge in [0, 0.05) is 26.1 Å². The summed E-state index contributed by atoms with van der Waals surface area (Å²) >= 11 is 0. The quantitative estimate of drug-likeness (QED) is 0.619. The van der Waals surface area contributed by atoms with Crippen LogP contribution in [0.4, 0.5) is 0 Å². The van der Waals surface area contributed by atoms with Crippen molar-refractivity contribution in [3.63, 3.8) is 0 Å². The van der Waals surface area contributed by atoms with Crippen molar-refractivity contribution in [3.8, 4) is 0 Å². The van der Waals surface area contributed by atoms with Crippen molar-refractivity contribution in [1.29, 1.82) is 0 Å². The molecule has 3 nitrogen and oxygen atoms in total. The summed E-state index contributed by atoms with van der Waals surface area (Å²) in [5, 5.41) is 0. The molecule has 0 atom stereocenters. The van der Waals surface area contributed by atoms with Gasteiger partial charge < -0.3 is 14.2 Å². The number of rotatable bonds is 6. The second kappa shape index (κ2) is 6.38. The molecule has 14 heavy (non-hydrogen) atoms. The van der Waals surface area contributed by atoms with Crippen molar-refractivity contribution in [3.05, 3.63) is 0 Å². The van der Waals surface area contributed by atoms with E-state index in [0.29, 0.717) is 0 Å². The van der Waals surface area contributed by atoms with Gasteiger partial charge in [0.05, 0.1) is 13.2 Å². The first-order valence-electron chi connectivity index (χ1n) is 5.68. The van der Waals surface area contributed by atoms with Crippen LogP contribution in [0.15, 0.2) is 0 Å². The first-order chi connectivity index (χ1) is 6.83. The van der Waals surface area contributed by atoms with Gasteiger partial charge in [-0.15, -0.1) is 0 Å². The Kier molecular flexibility index (Phi) is 5.45. The molecule has 1 heterocycles. The van der Waals surface area contributed by atoms with Crippen LogP contribution in [0.1, 0.15) is 39.5 Å². The van der Waals surface area contributed by atoms with Gasteiger partial charge in [0.1, 0.15) is 0 Å². The molecule has 3 heteroatoms. The highest BCUT2D eigenvalue weighted by Crippen LogP contribution is 2.26. The van der Waals surface area contributed by atoms with Gasteiger partial charge in [0.2, 0.25) is 0 Å². The maximum absolute atomic E-state index is 5.82. The van der Waals surface area contributed by atoms with Crippen LogP contribution in [0.5, 0.6) is 0 Å². The molecule has 0 unspecified atom stereocenters. The van der Waals surface area contributed by atoms with Crippen molar-refractivity contribution in [2.75, 3.05) is 26.4 Å². The molecule has 0 amide bonds. The highest BCUT2D eigenvalue weighted by molar-refractivity contribution is 4.73. The Morgan fingerprint density at radius 2 is 1.50 bits per heavy atom. The molecule has 0 aromatic carbocycles. The van der Waals surface area contributed by atoms with Gasteiger partial charge >= 0.3 is 0 Å². The third-order valence-corrected chi connectivity index (χ3v) is 2.39. The molecule has 1 fully saturated rings. The van der Waals surface area contributed by atoms with Crippen molar-refractivity contribution in [2.45, 2.75) is 45.3 Å². The summed E-state index contributed by atoms with van der Waals surface area (Å²) in [4.78, 5) is 0. The maximum atomic E-state index is 5.82. The van der Waals surface area contributed by atoms with Gasteiger partial charge in [-0.05, 0) is 12.8 Å². The van der Waals surface area contributed by atoms with Crippen LogP contribution in [-0.2, 0) is 14.2 Å². The smallest absolute Gasteiger partial charge is 0.172 e. The van der Waals surface area contributed by atoms with Crippen LogP contribution < -0.4 is 0 Å². The van der Waals surface area contributed by atoms with Crippen LogP contribution in [0.3, 0.4) is 0 Å². The van der Waals surface area contributed by atoms with E-state index in [1.165, 1.54) is 0 Å². The fourth-order valence-electron chi connectivity index (χ4n) is 1.59. The van der Waals surface area contributed by atoms with Crippen LogP contribution in [0, 0.1) is 0 Å². The standard InChI is InChI=1S/C11H22O3/c1-3-7-13-11(14-8-4-2)5-9-12-10-6-11/h3-10H2,1-2H3. The van der Waals surface area contributed by atoms with Crippen LogP contribution in [0.2, 0.25) is 0 Å². The molecular weight excluding hydrogens is 180 g/mol. The average molecular weight is 202 g/mol. The summed E-state index contributed by atoms with van der Waals surface area (Å²) in [5.41, 5.74) is 0. The Morgan fingerprint density at radius 1 is 1.00 bits per heavy atom. The summed E-state index contributed by atoms with van der Waals surface area (Å²) in [6.07, 6.45) is 3.82. The lowest BCUT2D eigenvalue weighted by atomic mass is 10.1. The maximum Gasteiger partial charge on any atom is 0.172 e. The highest BCUT2D eigenvalue weighted by Gasteiger charge is 2.34. The predicted octanol–water partition coefficient (Wildman–Crippen LogP) is 2.35. The molecule has 0 aromatic rings. The first-order valence-corrected chi connectivity index (χ1v) is 5.68. The largest absolute Gasteiger partial charge is 0.381 e. The lowest BCUT2D eigenvalue weighted by Crippen LogP contribution is -2.42. The molecule has 1 aliphatic heterocycles. The molecule has 0 saturated carbocycles. The van der Waals surface area contributed by atoms with Gasteiger partial charge in [-0.2, -0.15) is 0 Å². The Bertz CT molecular complexity index is 131. The van der Waals surface area contributed by atoms with Crippen LogP contribution in [0.25, 0.3) is 0 Å². The Balaban J connectivity index is 2.39. The fourth-order valence-corrected chi connectivity index (χ4v) is 1.59. The van der Waals surface area contributed by atoms with E-state index in [4.69, 9.17) is 14.2 Å². The minimum Gasteiger partial charge on any atom is -0.381 e. The molecule has 0 N–H and O–H groups in total. The normalized spacial score (nSPS) is 21.0. The summed E-state index contributed by atoms with van der Waals surface area (Å²) in [7, 11) is 0. The third kappa shape index (κ3) is 3.56. The molecule has 0 radical (unpaired) electrons. The molecule has 0 spiro atoms. The monoisotopic (exact) mass is 202 g/mol. The molecule has 1 aliphatic rings. The summed E-state index contributed by atoms with van der Waals surface area (Å²) in [6.45, 7) is 7.31. The van der Waals surface area contributed by atoms with E-state index in [1.807, 2.05) is 0 Å². The first kappa shape index (κ1) is 12.0. The summed E-state index contributed by atoms with van der Waals surface area (Å²) < 4.78 is 17.0. The second-order valence-electron chi connectivity index (χ2n) is 3.72. The van der Waals surface area contributed by atoms with Gasteiger partial charge in [-0.25, -0.2) is 0 Å². The average Bonchev–Trinajstić information content (AvgIpc) is 2.25. The van der Waals surface area contributed by atoms with Crippen molar-refractivity contribution in [1.82, 2.24) is 0 Å². The molecule has 0 aromatic heterocycles. The molecular formula is C11H22O3. The van der Waals surface area contributed by atoms with E-state index in [1.54, 1.807) is 0 Å². The van der Waals surface area contributed by atoms with E-state index in [0.717, 1.165) is 52.1 Å². The molecule has 1 saturated heterocycles. The number of hydrogen-bond acceptors (Lipinski definition) is 3. The number of ether oxygens (including phenoxy) is 3. The van der Waals surface area contributed by atoms with Gasteiger partial charge in [-0.1, -0.05) is 13.8 Å². The van der Waals surface area contributed by atoms with Crippen molar-refractivity contribution < 1.29 is 14.2 Å². The fraction of sp³-hybridized carbons (Fsp3) is 1.00. The molecule has 0 aliphatic carbocycles. The van der Waals surface area contributed by atoms with Gasteiger partial charge in [0.25, 0.3) is 0 Å². The number of hydrogen-bond donors (Lipinski definition) is 0. The summed E-state index contributed by atoms with van der Waals surface area (Å²) in [6, 6.07) is 0. The zero-order valence-corrected chi connectivity index (χ0v) is 9.38. The minimum absolute atomic E-state index is 0.343. The Morgan fingerprint density at radius 3 is 1.93 bits per heavy atom. The predicted molar refractivity (Wildman–Crippen MR) is 55.3 cm³/mol. The zero-order chi connectivity index (χ0) is 10.3. The van der Waals surface area contributed by atoms with Gasteiger partial charge in [0.15, 0.2) is 5.79 Å². The molecule has 84 valence electrons. The second-order valence-corrected chi connectivity index (χ2v) is 3.72. The lowest BCUT2D eigenvalue weighted by Gasteiger charge is -2.36. The Hall–Kier alpha value is -0.120. The van der Waals surface area contributed by atoms with Crippen molar-refractivity contribution in [2.24, 2.45) is 0 Å². The van der Waals surface area contributed by atoms with Gasteiger partial charge in [-0.3, -0.25) is 0 Å². The Labute approximate surface area is 86.7 Å². The molecule has 0 bridgehead atoms.